The average Bonchev–Trinajstić information content (AvgIpc) is 2.65. The van der Waals surface area contributed by atoms with Crippen LogP contribution >= 0.6 is 0 Å². The second kappa shape index (κ2) is 7.96. The van der Waals surface area contributed by atoms with Gasteiger partial charge in [-0.05, 0) is 48.9 Å². The second-order valence-electron chi connectivity index (χ2n) is 6.34. The summed E-state index contributed by atoms with van der Waals surface area (Å²) in [5, 5.41) is 6.14. The van der Waals surface area contributed by atoms with Crippen molar-refractivity contribution < 1.29 is 18.7 Å². The molecule has 0 bridgehead atoms. The van der Waals surface area contributed by atoms with E-state index in [9.17, 15) is 14.4 Å². The van der Waals surface area contributed by atoms with Gasteiger partial charge in [0.2, 0.25) is 11.8 Å². The van der Waals surface area contributed by atoms with Gasteiger partial charge < -0.3 is 19.8 Å². The Morgan fingerprint density at radius 1 is 1.04 bits per heavy atom. The minimum absolute atomic E-state index is 0.108. The standard InChI is InChI=1S/C21H20N2O5/c1-12-17-9-8-16(27-3)10-19(17)28-21(26)18(12)11-20(25)23-15-6-4-14(5-7-15)22-13(2)24/h4-10H,11H2,1-3H3,(H,22,24)(H,23,25). The van der Waals surface area contributed by atoms with Crippen molar-refractivity contribution in [2.45, 2.75) is 20.3 Å². The molecular weight excluding hydrogens is 360 g/mol. The molecule has 1 aromatic heterocycles. The van der Waals surface area contributed by atoms with Crippen LogP contribution in [-0.2, 0) is 16.0 Å². The fourth-order valence-corrected chi connectivity index (χ4v) is 2.91. The molecule has 0 spiro atoms. The van der Waals surface area contributed by atoms with Crippen LogP contribution in [0, 0.1) is 6.92 Å². The van der Waals surface area contributed by atoms with E-state index in [1.165, 1.54) is 14.0 Å². The van der Waals surface area contributed by atoms with E-state index in [1.54, 1.807) is 49.4 Å². The van der Waals surface area contributed by atoms with E-state index in [-0.39, 0.29) is 18.2 Å². The molecule has 3 aromatic rings. The number of carbonyl (C=O) groups is 2. The molecule has 2 aromatic carbocycles. The highest BCUT2D eigenvalue weighted by molar-refractivity contribution is 5.94. The molecule has 0 fully saturated rings. The zero-order valence-corrected chi connectivity index (χ0v) is 15.8. The fraction of sp³-hybridized carbons (Fsp3) is 0.190. The third-order valence-corrected chi connectivity index (χ3v) is 4.32. The van der Waals surface area contributed by atoms with Gasteiger partial charge in [-0.2, -0.15) is 0 Å². The SMILES string of the molecule is COc1ccc2c(C)c(CC(=O)Nc3ccc(NC(C)=O)cc3)c(=O)oc2c1. The largest absolute Gasteiger partial charge is 0.497 e. The van der Waals surface area contributed by atoms with E-state index in [0.717, 1.165) is 5.39 Å². The highest BCUT2D eigenvalue weighted by atomic mass is 16.5. The Labute approximate surface area is 161 Å². The third-order valence-electron chi connectivity index (χ3n) is 4.32. The molecule has 144 valence electrons. The summed E-state index contributed by atoms with van der Waals surface area (Å²) in [7, 11) is 1.54. The van der Waals surface area contributed by atoms with Gasteiger partial charge >= 0.3 is 5.63 Å². The number of amides is 2. The van der Waals surface area contributed by atoms with Crippen molar-refractivity contribution >= 4 is 34.2 Å². The summed E-state index contributed by atoms with van der Waals surface area (Å²) in [4.78, 5) is 35.8. The molecule has 2 N–H and O–H groups in total. The predicted molar refractivity (Wildman–Crippen MR) is 107 cm³/mol. The van der Waals surface area contributed by atoms with E-state index in [4.69, 9.17) is 9.15 Å². The molecule has 0 aliphatic rings. The Morgan fingerprint density at radius 3 is 2.29 bits per heavy atom. The Bertz CT molecular complexity index is 1100. The number of anilines is 2. The Morgan fingerprint density at radius 2 is 1.68 bits per heavy atom. The normalized spacial score (nSPS) is 10.5. The van der Waals surface area contributed by atoms with Crippen LogP contribution in [0.5, 0.6) is 5.75 Å². The number of hydrogen-bond donors (Lipinski definition) is 2. The number of aryl methyl sites for hydroxylation is 1. The van der Waals surface area contributed by atoms with Gasteiger partial charge in [0.15, 0.2) is 0 Å². The number of hydrogen-bond acceptors (Lipinski definition) is 5. The molecule has 1 heterocycles. The van der Waals surface area contributed by atoms with E-state index in [2.05, 4.69) is 10.6 Å². The van der Waals surface area contributed by atoms with Crippen molar-refractivity contribution in [3.8, 4) is 5.75 Å². The maximum absolute atomic E-state index is 12.4. The number of rotatable bonds is 5. The number of fused-ring (bicyclic) bond motifs is 1. The van der Waals surface area contributed by atoms with Crippen LogP contribution < -0.4 is 21.0 Å². The summed E-state index contributed by atoms with van der Waals surface area (Å²) < 4.78 is 10.5. The van der Waals surface area contributed by atoms with Gasteiger partial charge in [-0.15, -0.1) is 0 Å². The van der Waals surface area contributed by atoms with Crippen molar-refractivity contribution in [2.75, 3.05) is 17.7 Å². The molecule has 7 nitrogen and oxygen atoms in total. The Kier molecular flexibility index (Phi) is 5.44. The molecule has 0 saturated heterocycles. The van der Waals surface area contributed by atoms with Crippen molar-refractivity contribution in [1.82, 2.24) is 0 Å². The predicted octanol–water partition coefficient (Wildman–Crippen LogP) is 3.25. The summed E-state index contributed by atoms with van der Waals surface area (Å²) in [6.45, 7) is 3.21. The van der Waals surface area contributed by atoms with Gasteiger partial charge in [-0.1, -0.05) is 0 Å². The van der Waals surface area contributed by atoms with E-state index in [0.29, 0.717) is 33.8 Å². The van der Waals surface area contributed by atoms with Crippen LogP contribution in [0.15, 0.2) is 51.7 Å². The van der Waals surface area contributed by atoms with Gasteiger partial charge in [0.25, 0.3) is 0 Å². The zero-order chi connectivity index (χ0) is 20.3. The molecule has 3 rings (SSSR count). The second-order valence-corrected chi connectivity index (χ2v) is 6.34. The van der Waals surface area contributed by atoms with Crippen LogP contribution in [0.4, 0.5) is 11.4 Å². The fourth-order valence-electron chi connectivity index (χ4n) is 2.91. The molecule has 2 amide bonds. The topological polar surface area (TPSA) is 97.6 Å². The maximum atomic E-state index is 12.4. The summed E-state index contributed by atoms with van der Waals surface area (Å²) in [5.41, 5.74) is 2.07. The first-order valence-electron chi connectivity index (χ1n) is 8.65. The van der Waals surface area contributed by atoms with Gasteiger partial charge in [-0.3, -0.25) is 9.59 Å². The molecule has 0 radical (unpaired) electrons. The van der Waals surface area contributed by atoms with Crippen LogP contribution in [-0.4, -0.2) is 18.9 Å². The number of methoxy groups -OCH3 is 1. The highest BCUT2D eigenvalue weighted by Gasteiger charge is 2.15. The molecule has 0 aliphatic carbocycles. The zero-order valence-electron chi connectivity index (χ0n) is 15.8. The minimum Gasteiger partial charge on any atom is -0.497 e. The molecule has 0 saturated carbocycles. The maximum Gasteiger partial charge on any atom is 0.340 e. The number of benzene rings is 2. The monoisotopic (exact) mass is 380 g/mol. The van der Waals surface area contributed by atoms with Gasteiger partial charge in [0.05, 0.1) is 19.1 Å². The van der Waals surface area contributed by atoms with Crippen molar-refractivity contribution in [3.63, 3.8) is 0 Å². The van der Waals surface area contributed by atoms with Gasteiger partial charge in [0.1, 0.15) is 11.3 Å². The van der Waals surface area contributed by atoms with Crippen molar-refractivity contribution in [2.24, 2.45) is 0 Å². The summed E-state index contributed by atoms with van der Waals surface area (Å²) in [5.74, 6) is 0.0756. The highest BCUT2D eigenvalue weighted by Crippen LogP contribution is 2.24. The number of ether oxygens (including phenoxy) is 1. The third kappa shape index (κ3) is 4.20. The van der Waals surface area contributed by atoms with Gasteiger partial charge in [-0.25, -0.2) is 4.79 Å². The van der Waals surface area contributed by atoms with E-state index < -0.39 is 5.63 Å². The van der Waals surface area contributed by atoms with E-state index in [1.807, 2.05) is 0 Å². The number of nitrogens with one attached hydrogen (secondary N) is 2. The molecule has 0 unspecified atom stereocenters. The van der Waals surface area contributed by atoms with Gasteiger partial charge in [0, 0.05) is 29.8 Å². The smallest absolute Gasteiger partial charge is 0.340 e. The molecule has 0 aliphatic heterocycles. The first-order chi connectivity index (χ1) is 13.4. The Balaban J connectivity index is 1.79. The summed E-state index contributed by atoms with van der Waals surface area (Å²) in [6, 6.07) is 11.9. The Hall–Kier alpha value is -3.61. The minimum atomic E-state index is -0.547. The van der Waals surface area contributed by atoms with E-state index >= 15 is 0 Å². The lowest BCUT2D eigenvalue weighted by Crippen LogP contribution is -2.20. The summed E-state index contributed by atoms with van der Waals surface area (Å²) in [6.07, 6.45) is -0.108. The lowest BCUT2D eigenvalue weighted by Gasteiger charge is -2.10. The number of carbonyl (C=O) groups excluding carboxylic acids is 2. The lowest BCUT2D eigenvalue weighted by molar-refractivity contribution is -0.116. The van der Waals surface area contributed by atoms with Crippen LogP contribution in [0.3, 0.4) is 0 Å². The average molecular weight is 380 g/mol. The molecule has 28 heavy (non-hydrogen) atoms. The molecule has 7 heteroatoms. The van der Waals surface area contributed by atoms with Crippen LogP contribution in [0.2, 0.25) is 0 Å². The van der Waals surface area contributed by atoms with Crippen molar-refractivity contribution in [3.05, 3.63) is 64.0 Å². The van der Waals surface area contributed by atoms with Crippen LogP contribution in [0.1, 0.15) is 18.1 Å². The quantitative estimate of drug-likeness (QED) is 0.662. The molecular formula is C21H20N2O5. The van der Waals surface area contributed by atoms with Crippen molar-refractivity contribution in [1.29, 1.82) is 0 Å². The van der Waals surface area contributed by atoms with Crippen LogP contribution in [0.25, 0.3) is 11.0 Å². The summed E-state index contributed by atoms with van der Waals surface area (Å²) >= 11 is 0. The lowest BCUT2D eigenvalue weighted by atomic mass is 10.0. The molecule has 0 atom stereocenters. The first-order valence-corrected chi connectivity index (χ1v) is 8.65. The first kappa shape index (κ1) is 19.2.